The van der Waals surface area contributed by atoms with Gasteiger partial charge in [0.05, 0.1) is 21.0 Å². The quantitative estimate of drug-likeness (QED) is 0.771. The molecule has 1 saturated heterocycles. The summed E-state index contributed by atoms with van der Waals surface area (Å²) >= 11 is 0. The monoisotopic (exact) mass is 367 g/mol. The van der Waals surface area contributed by atoms with Crippen LogP contribution in [-0.4, -0.2) is 39.1 Å². The van der Waals surface area contributed by atoms with Crippen molar-refractivity contribution in [3.63, 3.8) is 0 Å². The number of aromatic nitrogens is 1. The Morgan fingerprint density at radius 1 is 1.08 bits per heavy atom. The molecule has 1 aromatic heterocycles. The predicted octanol–water partition coefficient (Wildman–Crippen LogP) is 2.87. The van der Waals surface area contributed by atoms with E-state index in [4.69, 9.17) is 0 Å². The standard InChI is InChI=1S/C20H21N3O2S/c1-15-14-23(11-10-21-15)19-9-5-6-16-12-18(13-22-20(16)19)26(24,25)17-7-3-2-4-8-17/h2-9,12-13,15,21H,10-11,14H2,1H3/t15-/m0/s1. The molecule has 1 N–H and O–H groups in total. The van der Waals surface area contributed by atoms with Gasteiger partial charge in [-0.15, -0.1) is 0 Å². The highest BCUT2D eigenvalue weighted by molar-refractivity contribution is 7.91. The highest BCUT2D eigenvalue weighted by atomic mass is 32.2. The highest BCUT2D eigenvalue weighted by Gasteiger charge is 2.21. The van der Waals surface area contributed by atoms with Gasteiger partial charge < -0.3 is 10.2 Å². The van der Waals surface area contributed by atoms with Gasteiger partial charge >= 0.3 is 0 Å². The summed E-state index contributed by atoms with van der Waals surface area (Å²) in [7, 11) is -3.56. The first kappa shape index (κ1) is 17.0. The number of nitrogens with one attached hydrogen (secondary N) is 1. The minimum atomic E-state index is -3.56. The van der Waals surface area contributed by atoms with E-state index in [2.05, 4.69) is 28.2 Å². The van der Waals surface area contributed by atoms with Gasteiger partial charge in [-0.2, -0.15) is 0 Å². The van der Waals surface area contributed by atoms with Crippen molar-refractivity contribution < 1.29 is 8.42 Å². The first-order chi connectivity index (χ1) is 12.6. The van der Waals surface area contributed by atoms with Crippen LogP contribution in [0.2, 0.25) is 0 Å². The number of rotatable bonds is 3. The van der Waals surface area contributed by atoms with Crippen LogP contribution < -0.4 is 10.2 Å². The van der Waals surface area contributed by atoms with Crippen molar-refractivity contribution in [2.24, 2.45) is 0 Å². The summed E-state index contributed by atoms with van der Waals surface area (Å²) in [4.78, 5) is 7.35. The Balaban J connectivity index is 1.77. The Hall–Kier alpha value is -2.44. The maximum atomic E-state index is 12.8. The summed E-state index contributed by atoms with van der Waals surface area (Å²) in [5, 5.41) is 4.27. The van der Waals surface area contributed by atoms with E-state index < -0.39 is 9.84 Å². The normalized spacial score (nSPS) is 18.2. The zero-order valence-corrected chi connectivity index (χ0v) is 15.4. The molecular formula is C20H21N3O2S. The summed E-state index contributed by atoms with van der Waals surface area (Å²) in [6.45, 7) is 4.91. The molecule has 0 bridgehead atoms. The van der Waals surface area contributed by atoms with Gasteiger partial charge in [-0.25, -0.2) is 8.42 Å². The fourth-order valence-corrected chi connectivity index (χ4v) is 4.67. The number of para-hydroxylation sites is 1. The van der Waals surface area contributed by atoms with Crippen molar-refractivity contribution in [2.75, 3.05) is 24.5 Å². The zero-order chi connectivity index (χ0) is 18.1. The van der Waals surface area contributed by atoms with Crippen LogP contribution in [0.15, 0.2) is 70.6 Å². The molecular weight excluding hydrogens is 346 g/mol. The number of sulfone groups is 1. The molecule has 134 valence electrons. The number of nitrogens with zero attached hydrogens (tertiary/aromatic N) is 2. The molecule has 0 spiro atoms. The first-order valence-corrected chi connectivity index (χ1v) is 10.2. The fourth-order valence-electron chi connectivity index (χ4n) is 3.41. The topological polar surface area (TPSA) is 62.3 Å². The summed E-state index contributed by atoms with van der Waals surface area (Å²) < 4.78 is 25.7. The van der Waals surface area contributed by atoms with Crippen LogP contribution >= 0.6 is 0 Å². The third-order valence-corrected chi connectivity index (χ3v) is 6.47. The Bertz CT molecular complexity index is 1040. The molecule has 3 aromatic rings. The summed E-state index contributed by atoms with van der Waals surface area (Å²) in [5.41, 5.74) is 1.90. The molecule has 0 unspecified atom stereocenters. The zero-order valence-electron chi connectivity index (χ0n) is 14.6. The Labute approximate surface area is 153 Å². The predicted molar refractivity (Wildman–Crippen MR) is 103 cm³/mol. The molecule has 2 aromatic carbocycles. The fraction of sp³-hybridized carbons (Fsp3) is 0.250. The average Bonchev–Trinajstić information content (AvgIpc) is 2.67. The van der Waals surface area contributed by atoms with Crippen molar-refractivity contribution in [2.45, 2.75) is 22.8 Å². The van der Waals surface area contributed by atoms with Gasteiger partial charge in [0.15, 0.2) is 0 Å². The highest BCUT2D eigenvalue weighted by Crippen LogP contribution is 2.29. The molecule has 26 heavy (non-hydrogen) atoms. The van der Waals surface area contributed by atoms with E-state index in [0.717, 1.165) is 36.2 Å². The van der Waals surface area contributed by atoms with Crippen LogP contribution in [0.25, 0.3) is 10.9 Å². The lowest BCUT2D eigenvalue weighted by Crippen LogP contribution is -2.49. The molecule has 1 aliphatic heterocycles. The number of fused-ring (bicyclic) bond motifs is 1. The largest absolute Gasteiger partial charge is 0.367 e. The lowest BCUT2D eigenvalue weighted by molar-refractivity contribution is 0.485. The Morgan fingerprint density at radius 3 is 2.65 bits per heavy atom. The number of pyridine rings is 1. The van der Waals surface area contributed by atoms with Crippen molar-refractivity contribution in [1.82, 2.24) is 10.3 Å². The number of anilines is 1. The summed E-state index contributed by atoms with van der Waals surface area (Å²) in [5.74, 6) is 0. The van der Waals surface area contributed by atoms with Crippen LogP contribution in [0, 0.1) is 0 Å². The molecule has 5 nitrogen and oxygen atoms in total. The van der Waals surface area contributed by atoms with Crippen molar-refractivity contribution in [3.8, 4) is 0 Å². The third kappa shape index (κ3) is 3.06. The van der Waals surface area contributed by atoms with E-state index in [1.54, 1.807) is 36.4 Å². The van der Waals surface area contributed by atoms with E-state index in [0.29, 0.717) is 6.04 Å². The van der Waals surface area contributed by atoms with Gasteiger partial charge in [-0.05, 0) is 31.2 Å². The Kier molecular flexibility index (Phi) is 4.38. The summed E-state index contributed by atoms with van der Waals surface area (Å²) in [6, 6.07) is 16.5. The molecule has 4 rings (SSSR count). The van der Waals surface area contributed by atoms with Crippen LogP contribution in [0.3, 0.4) is 0 Å². The minimum absolute atomic E-state index is 0.224. The molecule has 6 heteroatoms. The molecule has 0 radical (unpaired) electrons. The minimum Gasteiger partial charge on any atom is -0.367 e. The van der Waals surface area contributed by atoms with Crippen LogP contribution in [0.1, 0.15) is 6.92 Å². The van der Waals surface area contributed by atoms with Gasteiger partial charge in [-0.1, -0.05) is 30.3 Å². The molecule has 2 heterocycles. The second kappa shape index (κ2) is 6.70. The first-order valence-electron chi connectivity index (χ1n) is 8.73. The van der Waals surface area contributed by atoms with Crippen LogP contribution in [0.5, 0.6) is 0 Å². The number of benzene rings is 2. The molecule has 0 saturated carbocycles. The maximum absolute atomic E-state index is 12.8. The lowest BCUT2D eigenvalue weighted by Gasteiger charge is -2.34. The number of hydrogen-bond donors (Lipinski definition) is 1. The van der Waals surface area contributed by atoms with Gasteiger partial charge in [0.25, 0.3) is 0 Å². The van der Waals surface area contributed by atoms with E-state index in [1.807, 2.05) is 12.1 Å². The SMILES string of the molecule is C[C@H]1CN(c2cccc3cc(S(=O)(=O)c4ccccc4)cnc23)CCN1. The van der Waals surface area contributed by atoms with Crippen LogP contribution in [0.4, 0.5) is 5.69 Å². The van der Waals surface area contributed by atoms with E-state index in [-0.39, 0.29) is 9.79 Å². The van der Waals surface area contributed by atoms with Crippen molar-refractivity contribution in [3.05, 3.63) is 60.8 Å². The number of hydrogen-bond acceptors (Lipinski definition) is 5. The average molecular weight is 367 g/mol. The number of piperazine rings is 1. The van der Waals surface area contributed by atoms with E-state index >= 15 is 0 Å². The van der Waals surface area contributed by atoms with E-state index in [1.165, 1.54) is 6.20 Å². The van der Waals surface area contributed by atoms with Gasteiger partial charge in [-0.3, -0.25) is 4.98 Å². The van der Waals surface area contributed by atoms with E-state index in [9.17, 15) is 8.42 Å². The summed E-state index contributed by atoms with van der Waals surface area (Å²) in [6.07, 6.45) is 1.47. The second-order valence-corrected chi connectivity index (χ2v) is 8.59. The van der Waals surface area contributed by atoms with Gasteiger partial charge in [0.1, 0.15) is 0 Å². The van der Waals surface area contributed by atoms with Gasteiger partial charge in [0.2, 0.25) is 9.84 Å². The molecule has 0 aliphatic carbocycles. The van der Waals surface area contributed by atoms with Gasteiger partial charge in [0, 0.05) is 37.3 Å². The molecule has 1 atom stereocenters. The molecule has 0 amide bonds. The molecule has 1 aliphatic rings. The molecule has 1 fully saturated rings. The van der Waals surface area contributed by atoms with Crippen molar-refractivity contribution >= 4 is 26.4 Å². The second-order valence-electron chi connectivity index (χ2n) is 6.64. The van der Waals surface area contributed by atoms with Crippen LogP contribution in [-0.2, 0) is 9.84 Å². The Morgan fingerprint density at radius 2 is 1.88 bits per heavy atom. The maximum Gasteiger partial charge on any atom is 0.208 e. The van der Waals surface area contributed by atoms with Crippen molar-refractivity contribution in [1.29, 1.82) is 0 Å². The smallest absolute Gasteiger partial charge is 0.208 e. The third-order valence-electron chi connectivity index (χ3n) is 4.74. The lowest BCUT2D eigenvalue weighted by atomic mass is 10.1.